The highest BCUT2D eigenvalue weighted by molar-refractivity contribution is 6.39. The van der Waals surface area contributed by atoms with E-state index < -0.39 is 11.8 Å². The molecule has 0 atom stereocenters. The third kappa shape index (κ3) is 7.32. The summed E-state index contributed by atoms with van der Waals surface area (Å²) in [6.07, 6.45) is 1.37. The van der Waals surface area contributed by atoms with Gasteiger partial charge in [-0.25, -0.2) is 5.43 Å². The first-order valence-corrected chi connectivity index (χ1v) is 10.2. The van der Waals surface area contributed by atoms with Gasteiger partial charge in [0.1, 0.15) is 5.75 Å². The van der Waals surface area contributed by atoms with Crippen LogP contribution in [0.15, 0.2) is 77.9 Å². The number of para-hydroxylation sites is 1. The first kappa shape index (κ1) is 23.2. The maximum atomic E-state index is 12.1. The van der Waals surface area contributed by atoms with Crippen molar-refractivity contribution < 1.29 is 19.1 Å². The van der Waals surface area contributed by atoms with E-state index in [9.17, 15) is 14.4 Å². The van der Waals surface area contributed by atoms with Gasteiger partial charge >= 0.3 is 11.8 Å². The molecule has 0 unspecified atom stereocenters. The Kier molecular flexibility index (Phi) is 7.91. The minimum atomic E-state index is -0.896. The van der Waals surface area contributed by atoms with Crippen LogP contribution >= 0.6 is 0 Å². The Morgan fingerprint density at radius 3 is 2.39 bits per heavy atom. The molecule has 0 aliphatic carbocycles. The third-order valence-corrected chi connectivity index (χ3v) is 4.54. The number of nitrogens with zero attached hydrogens (tertiary/aromatic N) is 1. The van der Waals surface area contributed by atoms with Crippen LogP contribution < -0.4 is 20.8 Å². The SMILES string of the molecule is Cc1ccc(NC(=O)C(=O)N/N=C\c2cccc(OCC(=O)Nc3ccccc3C)c2)cc1. The van der Waals surface area contributed by atoms with E-state index in [0.29, 0.717) is 17.0 Å². The lowest BCUT2D eigenvalue weighted by atomic mass is 10.2. The molecule has 33 heavy (non-hydrogen) atoms. The Morgan fingerprint density at radius 2 is 1.64 bits per heavy atom. The van der Waals surface area contributed by atoms with Crippen molar-refractivity contribution in [1.29, 1.82) is 0 Å². The second-order valence-corrected chi connectivity index (χ2v) is 7.24. The smallest absolute Gasteiger partial charge is 0.329 e. The van der Waals surface area contributed by atoms with Gasteiger partial charge in [0.2, 0.25) is 0 Å². The molecule has 0 aromatic heterocycles. The van der Waals surface area contributed by atoms with Gasteiger partial charge in [-0.1, -0.05) is 48.0 Å². The third-order valence-electron chi connectivity index (χ3n) is 4.54. The van der Waals surface area contributed by atoms with Crippen LogP contribution in [0.3, 0.4) is 0 Å². The van der Waals surface area contributed by atoms with E-state index in [1.54, 1.807) is 36.4 Å². The largest absolute Gasteiger partial charge is 0.484 e. The van der Waals surface area contributed by atoms with Crippen molar-refractivity contribution in [3.63, 3.8) is 0 Å². The van der Waals surface area contributed by atoms with Crippen LogP contribution in [0.4, 0.5) is 11.4 Å². The van der Waals surface area contributed by atoms with Gasteiger partial charge in [0, 0.05) is 11.4 Å². The van der Waals surface area contributed by atoms with Gasteiger partial charge in [0.05, 0.1) is 6.21 Å². The molecule has 8 heteroatoms. The molecule has 0 aliphatic rings. The number of nitrogens with one attached hydrogen (secondary N) is 3. The molecule has 8 nitrogen and oxygen atoms in total. The van der Waals surface area contributed by atoms with E-state index in [4.69, 9.17) is 4.74 Å². The summed E-state index contributed by atoms with van der Waals surface area (Å²) in [5, 5.41) is 9.09. The molecule has 0 heterocycles. The number of hydrogen-bond donors (Lipinski definition) is 3. The van der Waals surface area contributed by atoms with E-state index in [1.165, 1.54) is 6.21 Å². The van der Waals surface area contributed by atoms with Gasteiger partial charge in [0.15, 0.2) is 6.61 Å². The van der Waals surface area contributed by atoms with Crippen LogP contribution in [0.25, 0.3) is 0 Å². The lowest BCUT2D eigenvalue weighted by molar-refractivity contribution is -0.136. The number of benzene rings is 3. The first-order valence-electron chi connectivity index (χ1n) is 10.2. The Hall–Kier alpha value is -4.46. The molecular weight excluding hydrogens is 420 g/mol. The van der Waals surface area contributed by atoms with Crippen LogP contribution in [-0.4, -0.2) is 30.5 Å². The van der Waals surface area contributed by atoms with Gasteiger partial charge in [0.25, 0.3) is 5.91 Å². The molecule has 0 aliphatic heterocycles. The summed E-state index contributed by atoms with van der Waals surface area (Å²) in [5.41, 5.74) is 6.04. The predicted octanol–water partition coefficient (Wildman–Crippen LogP) is 3.41. The van der Waals surface area contributed by atoms with Gasteiger partial charge in [-0.3, -0.25) is 14.4 Å². The summed E-state index contributed by atoms with van der Waals surface area (Å²) < 4.78 is 5.54. The quantitative estimate of drug-likeness (QED) is 0.295. The molecular formula is C25H24N4O4. The minimum absolute atomic E-state index is 0.162. The fourth-order valence-electron chi connectivity index (χ4n) is 2.77. The molecule has 0 saturated carbocycles. The van der Waals surface area contributed by atoms with Crippen LogP contribution in [0.2, 0.25) is 0 Å². The summed E-state index contributed by atoms with van der Waals surface area (Å²) in [7, 11) is 0. The molecule has 0 fully saturated rings. The number of ether oxygens (including phenoxy) is 1. The fraction of sp³-hybridized carbons (Fsp3) is 0.120. The van der Waals surface area contributed by atoms with Crippen molar-refractivity contribution >= 4 is 35.3 Å². The normalized spacial score (nSPS) is 10.5. The standard InChI is InChI=1S/C25H24N4O4/c1-17-10-12-20(13-11-17)27-24(31)25(32)29-26-15-19-7-5-8-21(14-19)33-16-23(30)28-22-9-4-3-6-18(22)2/h3-15H,16H2,1-2H3,(H,27,31)(H,28,30)(H,29,32)/b26-15-. The Labute approximate surface area is 191 Å². The van der Waals surface area contributed by atoms with E-state index in [-0.39, 0.29) is 12.5 Å². The van der Waals surface area contributed by atoms with Crippen LogP contribution in [0.1, 0.15) is 16.7 Å². The highest BCUT2D eigenvalue weighted by atomic mass is 16.5. The Morgan fingerprint density at radius 1 is 0.879 bits per heavy atom. The summed E-state index contributed by atoms with van der Waals surface area (Å²) in [4.78, 5) is 36.0. The number of carbonyl (C=O) groups is 3. The maximum absolute atomic E-state index is 12.1. The van der Waals surface area contributed by atoms with Crippen molar-refractivity contribution in [3.8, 4) is 5.75 Å². The van der Waals surface area contributed by atoms with E-state index in [2.05, 4.69) is 21.2 Å². The van der Waals surface area contributed by atoms with Crippen LogP contribution in [0, 0.1) is 13.8 Å². The average Bonchev–Trinajstić information content (AvgIpc) is 2.81. The van der Waals surface area contributed by atoms with E-state index in [0.717, 1.165) is 16.8 Å². The second kappa shape index (κ2) is 11.2. The maximum Gasteiger partial charge on any atom is 0.329 e. The number of hydrogen-bond acceptors (Lipinski definition) is 5. The monoisotopic (exact) mass is 444 g/mol. The summed E-state index contributed by atoms with van der Waals surface area (Å²) >= 11 is 0. The molecule has 3 aromatic rings. The van der Waals surface area contributed by atoms with Gasteiger partial charge in [-0.05, 0) is 55.3 Å². The molecule has 0 radical (unpaired) electrons. The summed E-state index contributed by atoms with van der Waals surface area (Å²) in [5.74, 6) is -1.54. The first-order chi connectivity index (χ1) is 15.9. The van der Waals surface area contributed by atoms with Crippen molar-refractivity contribution in [2.24, 2.45) is 5.10 Å². The summed E-state index contributed by atoms with van der Waals surface area (Å²) in [6, 6.07) is 21.3. The number of hydrazone groups is 1. The van der Waals surface area contributed by atoms with Gasteiger partial charge < -0.3 is 15.4 Å². The zero-order valence-corrected chi connectivity index (χ0v) is 18.3. The number of carbonyl (C=O) groups excluding carboxylic acids is 3. The lowest BCUT2D eigenvalue weighted by Gasteiger charge is -2.09. The lowest BCUT2D eigenvalue weighted by Crippen LogP contribution is -2.32. The number of amides is 3. The molecule has 3 rings (SSSR count). The van der Waals surface area contributed by atoms with Crippen molar-refractivity contribution in [2.75, 3.05) is 17.2 Å². The molecule has 0 spiro atoms. The molecule has 0 bridgehead atoms. The molecule has 168 valence electrons. The molecule has 0 saturated heterocycles. The highest BCUT2D eigenvalue weighted by Gasteiger charge is 2.12. The Balaban J connectivity index is 1.48. The van der Waals surface area contributed by atoms with Gasteiger partial charge in [-0.2, -0.15) is 5.10 Å². The topological polar surface area (TPSA) is 109 Å². The van der Waals surface area contributed by atoms with Crippen molar-refractivity contribution in [1.82, 2.24) is 5.43 Å². The fourth-order valence-corrected chi connectivity index (χ4v) is 2.77. The zero-order chi connectivity index (χ0) is 23.6. The average molecular weight is 444 g/mol. The van der Waals surface area contributed by atoms with E-state index >= 15 is 0 Å². The molecule has 3 aromatic carbocycles. The molecule has 3 amide bonds. The Bertz CT molecular complexity index is 1170. The number of rotatable bonds is 7. The van der Waals surface area contributed by atoms with Crippen LogP contribution in [0.5, 0.6) is 5.75 Å². The van der Waals surface area contributed by atoms with E-state index in [1.807, 2.05) is 50.2 Å². The predicted molar refractivity (Wildman–Crippen MR) is 127 cm³/mol. The van der Waals surface area contributed by atoms with Crippen molar-refractivity contribution in [2.45, 2.75) is 13.8 Å². The zero-order valence-electron chi connectivity index (χ0n) is 18.3. The number of aryl methyl sites for hydroxylation is 2. The minimum Gasteiger partial charge on any atom is -0.484 e. The summed E-state index contributed by atoms with van der Waals surface area (Å²) in [6.45, 7) is 3.67. The molecule has 3 N–H and O–H groups in total. The highest BCUT2D eigenvalue weighted by Crippen LogP contribution is 2.14. The van der Waals surface area contributed by atoms with Gasteiger partial charge in [-0.15, -0.1) is 0 Å². The number of anilines is 2. The van der Waals surface area contributed by atoms with Crippen molar-refractivity contribution in [3.05, 3.63) is 89.5 Å². The van der Waals surface area contributed by atoms with Crippen LogP contribution in [-0.2, 0) is 14.4 Å². The second-order valence-electron chi connectivity index (χ2n) is 7.24.